The Morgan fingerprint density at radius 2 is 2.00 bits per heavy atom. The zero-order valence-electron chi connectivity index (χ0n) is 17.5. The molecule has 2 aromatic carbocycles. The van der Waals surface area contributed by atoms with Gasteiger partial charge in [0.2, 0.25) is 0 Å². The largest absolute Gasteiger partial charge is 0.497 e. The van der Waals surface area contributed by atoms with Gasteiger partial charge in [-0.25, -0.2) is 4.98 Å². The van der Waals surface area contributed by atoms with Crippen molar-refractivity contribution < 1.29 is 9.53 Å². The third kappa shape index (κ3) is 4.08. The summed E-state index contributed by atoms with van der Waals surface area (Å²) in [5.41, 5.74) is 4.24. The second kappa shape index (κ2) is 8.55. The first-order valence-electron chi connectivity index (χ1n) is 10.6. The zero-order valence-corrected chi connectivity index (χ0v) is 18.3. The Bertz CT molecular complexity index is 1190. The van der Waals surface area contributed by atoms with Gasteiger partial charge < -0.3 is 14.6 Å². The maximum atomic E-state index is 13.0. The normalized spacial score (nSPS) is 14.8. The summed E-state index contributed by atoms with van der Waals surface area (Å²) in [6.45, 7) is 1.51. The van der Waals surface area contributed by atoms with Gasteiger partial charge >= 0.3 is 0 Å². The average molecular weight is 432 g/mol. The van der Waals surface area contributed by atoms with Crippen LogP contribution in [-0.4, -0.2) is 41.0 Å². The van der Waals surface area contributed by atoms with Crippen LogP contribution >= 0.6 is 11.3 Å². The van der Waals surface area contributed by atoms with Crippen molar-refractivity contribution in [3.8, 4) is 5.75 Å². The van der Waals surface area contributed by atoms with Crippen LogP contribution in [0.1, 0.15) is 45.4 Å². The molecule has 1 N–H and O–H groups in total. The number of aromatic amines is 1. The van der Waals surface area contributed by atoms with E-state index in [0.717, 1.165) is 48.6 Å². The zero-order chi connectivity index (χ0) is 21.2. The molecule has 1 aliphatic heterocycles. The third-order valence-corrected chi connectivity index (χ3v) is 6.96. The second-order valence-electron chi connectivity index (χ2n) is 8.01. The molecule has 5 rings (SSSR count). The number of aromatic nitrogens is 2. The fraction of sp³-hybridized carbons (Fsp3) is 0.280. The summed E-state index contributed by atoms with van der Waals surface area (Å²) >= 11 is 1.57. The van der Waals surface area contributed by atoms with E-state index in [2.05, 4.69) is 40.4 Å². The number of likely N-dealkylation sites (tertiary alicyclic amines) is 1. The molecular formula is C25H25N3O2S. The minimum Gasteiger partial charge on any atom is -0.497 e. The summed E-state index contributed by atoms with van der Waals surface area (Å²) in [4.78, 5) is 22.9. The molecule has 0 bridgehead atoms. The number of carbonyl (C=O) groups excluding carboxylic acids is 1. The number of hydrogen-bond acceptors (Lipinski definition) is 4. The SMILES string of the molecule is COc1ccc2[nH]cc(C3CCN(C(=O)c4csc(Cc5ccccc5)n4)CC3)c2c1. The van der Waals surface area contributed by atoms with Crippen LogP contribution in [0.3, 0.4) is 0 Å². The lowest BCUT2D eigenvalue weighted by atomic mass is 9.89. The van der Waals surface area contributed by atoms with Gasteiger partial charge in [-0.15, -0.1) is 11.3 Å². The van der Waals surface area contributed by atoms with Crippen molar-refractivity contribution in [1.29, 1.82) is 0 Å². The number of nitrogens with one attached hydrogen (secondary N) is 1. The highest BCUT2D eigenvalue weighted by molar-refractivity contribution is 7.09. The summed E-state index contributed by atoms with van der Waals surface area (Å²) in [7, 11) is 1.70. The molecule has 158 valence electrons. The minimum atomic E-state index is 0.0506. The van der Waals surface area contributed by atoms with Gasteiger partial charge in [0, 0.05) is 42.0 Å². The van der Waals surface area contributed by atoms with Gasteiger partial charge in [-0.3, -0.25) is 4.79 Å². The Hall–Kier alpha value is -3.12. The first-order valence-corrected chi connectivity index (χ1v) is 11.5. The number of piperidine rings is 1. The van der Waals surface area contributed by atoms with Crippen molar-refractivity contribution >= 4 is 28.1 Å². The molecule has 1 amide bonds. The molecular weight excluding hydrogens is 406 g/mol. The molecule has 6 heteroatoms. The Labute approximate surface area is 185 Å². The highest BCUT2D eigenvalue weighted by Crippen LogP contribution is 2.35. The van der Waals surface area contributed by atoms with Crippen LogP contribution in [0.5, 0.6) is 5.75 Å². The predicted octanol–water partition coefficient (Wildman–Crippen LogP) is 5.24. The van der Waals surface area contributed by atoms with Crippen molar-refractivity contribution in [1.82, 2.24) is 14.9 Å². The van der Waals surface area contributed by atoms with Crippen molar-refractivity contribution in [2.45, 2.75) is 25.2 Å². The van der Waals surface area contributed by atoms with E-state index in [1.807, 2.05) is 34.5 Å². The lowest BCUT2D eigenvalue weighted by molar-refractivity contribution is 0.0708. The van der Waals surface area contributed by atoms with E-state index in [-0.39, 0.29) is 5.91 Å². The summed E-state index contributed by atoms with van der Waals surface area (Å²) in [5, 5.41) is 4.10. The van der Waals surface area contributed by atoms with Crippen LogP contribution < -0.4 is 4.74 Å². The Kier molecular flexibility index (Phi) is 5.47. The van der Waals surface area contributed by atoms with Gasteiger partial charge in [0.15, 0.2) is 0 Å². The molecule has 0 atom stereocenters. The third-order valence-electron chi connectivity index (χ3n) is 6.11. The number of thiazole rings is 1. The number of hydrogen-bond donors (Lipinski definition) is 1. The van der Waals surface area contributed by atoms with Crippen LogP contribution in [0.2, 0.25) is 0 Å². The highest BCUT2D eigenvalue weighted by Gasteiger charge is 2.27. The van der Waals surface area contributed by atoms with E-state index in [1.165, 1.54) is 16.5 Å². The second-order valence-corrected chi connectivity index (χ2v) is 8.95. The summed E-state index contributed by atoms with van der Waals surface area (Å²) in [6.07, 6.45) is 4.79. The van der Waals surface area contributed by atoms with E-state index in [4.69, 9.17) is 4.74 Å². The molecule has 3 heterocycles. The standard InChI is InChI=1S/C25H25N3O2S/c1-30-19-7-8-22-20(14-19)21(15-26-22)18-9-11-28(12-10-18)25(29)23-16-31-24(27-23)13-17-5-3-2-4-6-17/h2-8,14-16,18,26H,9-13H2,1H3. The summed E-state index contributed by atoms with van der Waals surface area (Å²) < 4.78 is 5.40. The first-order chi connectivity index (χ1) is 15.2. The molecule has 0 aliphatic carbocycles. The van der Waals surface area contributed by atoms with E-state index >= 15 is 0 Å². The number of methoxy groups -OCH3 is 1. The predicted molar refractivity (Wildman–Crippen MR) is 124 cm³/mol. The maximum Gasteiger partial charge on any atom is 0.273 e. The van der Waals surface area contributed by atoms with Crippen LogP contribution in [0.25, 0.3) is 10.9 Å². The maximum absolute atomic E-state index is 13.0. The first kappa shape index (κ1) is 19.8. The topological polar surface area (TPSA) is 58.2 Å². The van der Waals surface area contributed by atoms with Gasteiger partial charge in [0.05, 0.1) is 12.1 Å². The molecule has 2 aromatic heterocycles. The van der Waals surface area contributed by atoms with Crippen LogP contribution in [0.4, 0.5) is 0 Å². The number of amides is 1. The molecule has 1 fully saturated rings. The van der Waals surface area contributed by atoms with Gasteiger partial charge in [-0.05, 0) is 48.1 Å². The lowest BCUT2D eigenvalue weighted by Crippen LogP contribution is -2.38. The highest BCUT2D eigenvalue weighted by atomic mass is 32.1. The minimum absolute atomic E-state index is 0.0506. The average Bonchev–Trinajstić information content (AvgIpc) is 3.46. The van der Waals surface area contributed by atoms with Crippen molar-refractivity contribution in [3.05, 3.63) is 81.9 Å². The monoisotopic (exact) mass is 431 g/mol. The molecule has 5 nitrogen and oxygen atoms in total. The molecule has 4 aromatic rings. The lowest BCUT2D eigenvalue weighted by Gasteiger charge is -2.31. The van der Waals surface area contributed by atoms with Crippen LogP contribution in [-0.2, 0) is 6.42 Å². The van der Waals surface area contributed by atoms with Crippen molar-refractivity contribution in [2.24, 2.45) is 0 Å². The molecule has 1 saturated heterocycles. The number of carbonyl (C=O) groups is 1. The number of ether oxygens (including phenoxy) is 1. The Morgan fingerprint density at radius 3 is 2.77 bits per heavy atom. The summed E-state index contributed by atoms with van der Waals surface area (Å²) in [5.74, 6) is 1.36. The smallest absolute Gasteiger partial charge is 0.273 e. The number of nitrogens with zero attached hydrogens (tertiary/aromatic N) is 2. The number of H-pyrrole nitrogens is 1. The number of fused-ring (bicyclic) bond motifs is 1. The number of rotatable bonds is 5. The molecule has 0 unspecified atom stereocenters. The van der Waals surface area contributed by atoms with Gasteiger partial charge in [-0.1, -0.05) is 30.3 Å². The van der Waals surface area contributed by atoms with E-state index < -0.39 is 0 Å². The molecule has 1 aliphatic rings. The number of benzene rings is 2. The van der Waals surface area contributed by atoms with E-state index in [1.54, 1.807) is 18.4 Å². The van der Waals surface area contributed by atoms with Gasteiger partial charge in [-0.2, -0.15) is 0 Å². The quantitative estimate of drug-likeness (QED) is 0.470. The van der Waals surface area contributed by atoms with E-state index in [9.17, 15) is 4.79 Å². The molecule has 0 spiro atoms. The molecule has 0 saturated carbocycles. The molecule has 31 heavy (non-hydrogen) atoms. The van der Waals surface area contributed by atoms with Gasteiger partial charge in [0.1, 0.15) is 11.4 Å². The summed E-state index contributed by atoms with van der Waals surface area (Å²) in [6, 6.07) is 16.4. The Balaban J connectivity index is 1.24. The van der Waals surface area contributed by atoms with E-state index in [0.29, 0.717) is 11.6 Å². The van der Waals surface area contributed by atoms with Crippen LogP contribution in [0.15, 0.2) is 60.1 Å². The van der Waals surface area contributed by atoms with Gasteiger partial charge in [0.25, 0.3) is 5.91 Å². The van der Waals surface area contributed by atoms with Crippen molar-refractivity contribution in [2.75, 3.05) is 20.2 Å². The Morgan fingerprint density at radius 1 is 1.19 bits per heavy atom. The van der Waals surface area contributed by atoms with Crippen LogP contribution in [0, 0.1) is 0 Å². The molecule has 0 radical (unpaired) electrons. The fourth-order valence-electron chi connectivity index (χ4n) is 4.40. The fourth-order valence-corrected chi connectivity index (χ4v) is 5.20. The van der Waals surface area contributed by atoms with Crippen molar-refractivity contribution in [3.63, 3.8) is 0 Å².